The summed E-state index contributed by atoms with van der Waals surface area (Å²) in [6, 6.07) is 6.87. The quantitative estimate of drug-likeness (QED) is 0.905. The van der Waals surface area contributed by atoms with Gasteiger partial charge in [0.2, 0.25) is 0 Å². The lowest BCUT2D eigenvalue weighted by Crippen LogP contribution is -2.55. The zero-order valence-corrected chi connectivity index (χ0v) is 12.8. The predicted molar refractivity (Wildman–Crippen MR) is 81.5 cm³/mol. The Bertz CT molecular complexity index is 452. The van der Waals surface area contributed by atoms with Gasteiger partial charge in [-0.15, -0.1) is 0 Å². The molecule has 0 aromatic heterocycles. The molecule has 1 atom stereocenters. The van der Waals surface area contributed by atoms with Crippen LogP contribution in [0.25, 0.3) is 0 Å². The first-order chi connectivity index (χ1) is 9.28. The second kappa shape index (κ2) is 5.81. The van der Waals surface area contributed by atoms with E-state index in [0.717, 1.165) is 29.7 Å². The summed E-state index contributed by atoms with van der Waals surface area (Å²) in [5, 5.41) is 9.52. The average Bonchev–Trinajstić information content (AvgIpc) is 2.46. The number of aliphatic hydroxyl groups is 1. The minimum absolute atomic E-state index is 0.119. The molecule has 2 saturated heterocycles. The molecular weight excluding hydrogens is 304 g/mol. The van der Waals surface area contributed by atoms with Crippen molar-refractivity contribution in [2.45, 2.75) is 31.9 Å². The van der Waals surface area contributed by atoms with Gasteiger partial charge < -0.3 is 10.0 Å². The summed E-state index contributed by atoms with van der Waals surface area (Å²) in [5.41, 5.74) is 2.23. The number of halogens is 1. The number of aliphatic hydroxyl groups excluding tert-OH is 1. The molecule has 0 bridgehead atoms. The van der Waals surface area contributed by atoms with Crippen molar-refractivity contribution in [2.75, 3.05) is 31.1 Å². The molecule has 1 unspecified atom stereocenters. The van der Waals surface area contributed by atoms with Gasteiger partial charge in [-0.2, -0.15) is 0 Å². The Labute approximate surface area is 123 Å². The number of fused-ring (bicyclic) bond motifs is 1. The third-order valence-corrected chi connectivity index (χ3v) is 4.89. The molecule has 0 spiro atoms. The van der Waals surface area contributed by atoms with E-state index in [1.807, 2.05) is 12.1 Å². The molecule has 2 fully saturated rings. The molecule has 0 aliphatic carbocycles. The fourth-order valence-corrected chi connectivity index (χ4v) is 3.69. The van der Waals surface area contributed by atoms with Gasteiger partial charge in [-0.25, -0.2) is 0 Å². The lowest BCUT2D eigenvalue weighted by atomic mass is 9.98. The minimum atomic E-state index is 0.119. The Morgan fingerprint density at radius 3 is 2.95 bits per heavy atom. The van der Waals surface area contributed by atoms with Gasteiger partial charge in [0.15, 0.2) is 0 Å². The molecule has 2 heterocycles. The molecule has 2 aliphatic rings. The van der Waals surface area contributed by atoms with Crippen LogP contribution >= 0.6 is 15.9 Å². The summed E-state index contributed by atoms with van der Waals surface area (Å²) >= 11 is 3.54. The first-order valence-electron chi connectivity index (χ1n) is 7.16. The average molecular weight is 325 g/mol. The Morgan fingerprint density at radius 1 is 1.21 bits per heavy atom. The molecule has 19 heavy (non-hydrogen) atoms. The first-order valence-corrected chi connectivity index (χ1v) is 7.95. The van der Waals surface area contributed by atoms with Crippen molar-refractivity contribution in [1.82, 2.24) is 4.90 Å². The third-order valence-electron chi connectivity index (χ3n) is 4.40. The molecule has 0 saturated carbocycles. The topological polar surface area (TPSA) is 26.7 Å². The Balaban J connectivity index is 1.80. The van der Waals surface area contributed by atoms with E-state index in [4.69, 9.17) is 0 Å². The van der Waals surface area contributed by atoms with E-state index in [2.05, 4.69) is 31.8 Å². The molecule has 1 N–H and O–H groups in total. The van der Waals surface area contributed by atoms with Crippen LogP contribution < -0.4 is 4.90 Å². The molecule has 1 aromatic rings. The third kappa shape index (κ3) is 2.81. The van der Waals surface area contributed by atoms with Gasteiger partial charge in [-0.1, -0.05) is 28.4 Å². The lowest BCUT2D eigenvalue weighted by molar-refractivity contribution is 0.133. The molecule has 104 valence electrons. The van der Waals surface area contributed by atoms with Crippen LogP contribution in [-0.2, 0) is 6.61 Å². The second-order valence-corrected chi connectivity index (χ2v) is 6.48. The van der Waals surface area contributed by atoms with Crippen LogP contribution in [0.4, 0.5) is 5.69 Å². The number of piperidine rings is 1. The van der Waals surface area contributed by atoms with Gasteiger partial charge in [-0.05, 0) is 31.5 Å². The lowest BCUT2D eigenvalue weighted by Gasteiger charge is -2.45. The van der Waals surface area contributed by atoms with Crippen LogP contribution in [0, 0.1) is 0 Å². The van der Waals surface area contributed by atoms with E-state index < -0.39 is 0 Å². The Kier molecular flexibility index (Phi) is 4.10. The maximum absolute atomic E-state index is 9.52. The molecule has 1 aromatic carbocycles. The van der Waals surface area contributed by atoms with E-state index >= 15 is 0 Å². The highest BCUT2D eigenvalue weighted by molar-refractivity contribution is 9.10. The molecule has 0 radical (unpaired) electrons. The van der Waals surface area contributed by atoms with Crippen molar-refractivity contribution in [1.29, 1.82) is 0 Å². The molecule has 2 aliphatic heterocycles. The Hall–Kier alpha value is -0.580. The van der Waals surface area contributed by atoms with Crippen LogP contribution in [0.2, 0.25) is 0 Å². The van der Waals surface area contributed by atoms with Crippen LogP contribution in [-0.4, -0.2) is 42.2 Å². The van der Waals surface area contributed by atoms with Crippen molar-refractivity contribution in [3.05, 3.63) is 28.2 Å². The zero-order chi connectivity index (χ0) is 13.2. The summed E-state index contributed by atoms with van der Waals surface area (Å²) < 4.78 is 1.09. The summed E-state index contributed by atoms with van der Waals surface area (Å²) in [6.45, 7) is 4.71. The highest BCUT2D eigenvalue weighted by Gasteiger charge is 2.29. The van der Waals surface area contributed by atoms with Gasteiger partial charge in [0.1, 0.15) is 0 Å². The van der Waals surface area contributed by atoms with E-state index in [-0.39, 0.29) is 6.61 Å². The normalized spacial score (nSPS) is 24.3. The van der Waals surface area contributed by atoms with Gasteiger partial charge in [0.05, 0.1) is 6.61 Å². The summed E-state index contributed by atoms with van der Waals surface area (Å²) in [4.78, 5) is 5.08. The smallest absolute Gasteiger partial charge is 0.0702 e. The predicted octanol–water partition coefficient (Wildman–Crippen LogP) is 2.62. The number of nitrogens with zero attached hydrogens (tertiary/aromatic N) is 2. The minimum Gasteiger partial charge on any atom is -0.392 e. The monoisotopic (exact) mass is 324 g/mol. The number of benzene rings is 1. The molecule has 3 nitrogen and oxygen atoms in total. The largest absolute Gasteiger partial charge is 0.392 e. The molecular formula is C15H21BrN2O. The van der Waals surface area contributed by atoms with Gasteiger partial charge in [-0.3, -0.25) is 4.90 Å². The molecule has 3 rings (SSSR count). The van der Waals surface area contributed by atoms with Crippen molar-refractivity contribution in [3.63, 3.8) is 0 Å². The maximum Gasteiger partial charge on any atom is 0.0702 e. The van der Waals surface area contributed by atoms with E-state index in [9.17, 15) is 5.11 Å². The van der Waals surface area contributed by atoms with Crippen LogP contribution in [0.1, 0.15) is 24.8 Å². The molecule has 4 heteroatoms. The highest BCUT2D eigenvalue weighted by Crippen LogP contribution is 2.29. The van der Waals surface area contributed by atoms with Crippen molar-refractivity contribution in [3.8, 4) is 0 Å². The SMILES string of the molecule is OCc1ccc(Br)cc1N1CCN2CCCCC2C1. The zero-order valence-electron chi connectivity index (χ0n) is 11.2. The van der Waals surface area contributed by atoms with E-state index in [1.165, 1.54) is 31.5 Å². The highest BCUT2D eigenvalue weighted by atomic mass is 79.9. The van der Waals surface area contributed by atoms with Gasteiger partial charge >= 0.3 is 0 Å². The summed E-state index contributed by atoms with van der Waals surface area (Å²) in [7, 11) is 0. The number of hydrogen-bond donors (Lipinski definition) is 1. The number of hydrogen-bond acceptors (Lipinski definition) is 3. The molecule has 0 amide bonds. The van der Waals surface area contributed by atoms with E-state index in [0.29, 0.717) is 6.04 Å². The van der Waals surface area contributed by atoms with Crippen molar-refractivity contribution >= 4 is 21.6 Å². The van der Waals surface area contributed by atoms with Crippen LogP contribution in [0.5, 0.6) is 0 Å². The number of anilines is 1. The van der Waals surface area contributed by atoms with Crippen LogP contribution in [0.15, 0.2) is 22.7 Å². The fourth-order valence-electron chi connectivity index (χ4n) is 3.34. The maximum atomic E-state index is 9.52. The fraction of sp³-hybridized carbons (Fsp3) is 0.600. The van der Waals surface area contributed by atoms with Crippen molar-refractivity contribution < 1.29 is 5.11 Å². The second-order valence-electron chi connectivity index (χ2n) is 5.56. The van der Waals surface area contributed by atoms with Crippen molar-refractivity contribution in [2.24, 2.45) is 0 Å². The van der Waals surface area contributed by atoms with Crippen LogP contribution in [0.3, 0.4) is 0 Å². The first kappa shape index (κ1) is 13.4. The van der Waals surface area contributed by atoms with Gasteiger partial charge in [0.25, 0.3) is 0 Å². The van der Waals surface area contributed by atoms with E-state index in [1.54, 1.807) is 0 Å². The van der Waals surface area contributed by atoms with Gasteiger partial charge in [0, 0.05) is 41.4 Å². The number of rotatable bonds is 2. The summed E-state index contributed by atoms with van der Waals surface area (Å²) in [6.07, 6.45) is 4.04. The Morgan fingerprint density at radius 2 is 2.11 bits per heavy atom. The summed E-state index contributed by atoms with van der Waals surface area (Å²) in [5.74, 6) is 0. The standard InChI is InChI=1S/C15H21BrN2O/c16-13-5-4-12(11-19)15(9-13)18-8-7-17-6-2-1-3-14(17)10-18/h4-5,9,14,19H,1-3,6-8,10-11H2. The number of piperazine rings is 1.